The van der Waals surface area contributed by atoms with E-state index < -0.39 is 41.0 Å². The Hall–Kier alpha value is -5.16. The van der Waals surface area contributed by atoms with E-state index in [9.17, 15) is 38.0 Å². The molecule has 2 aromatic carbocycles. The maximum Gasteiger partial charge on any atom is 0.262 e. The van der Waals surface area contributed by atoms with Gasteiger partial charge in [0, 0.05) is 49.5 Å². The van der Waals surface area contributed by atoms with Crippen molar-refractivity contribution in [3.63, 3.8) is 0 Å². The molecule has 0 radical (unpaired) electrons. The molecule has 3 saturated heterocycles. The highest BCUT2D eigenvalue weighted by molar-refractivity contribution is 7.99. The van der Waals surface area contributed by atoms with Crippen molar-refractivity contribution in [3.8, 4) is 5.75 Å². The molecule has 0 aliphatic carbocycles. The number of carbonyl (C=O) groups excluding carboxylic acids is 6. The Bertz CT molecular complexity index is 2090. The third kappa shape index (κ3) is 8.01. The number of benzene rings is 2. The Balaban J connectivity index is 0.881. The van der Waals surface area contributed by atoms with E-state index in [-0.39, 0.29) is 64.4 Å². The number of anilines is 1. The van der Waals surface area contributed by atoms with Crippen molar-refractivity contribution in [1.82, 2.24) is 30.0 Å². The Kier molecular flexibility index (Phi) is 10.8. The van der Waals surface area contributed by atoms with Crippen LogP contribution < -0.4 is 20.9 Å². The summed E-state index contributed by atoms with van der Waals surface area (Å²) in [6.07, 6.45) is 3.27. The third-order valence-electron chi connectivity index (χ3n) is 10.4. The summed E-state index contributed by atoms with van der Waals surface area (Å²) in [6.45, 7) is 4.72. The summed E-state index contributed by atoms with van der Waals surface area (Å²) in [5, 5.41) is 5.09. The van der Waals surface area contributed by atoms with Gasteiger partial charge >= 0.3 is 0 Å². The van der Waals surface area contributed by atoms with E-state index in [0.29, 0.717) is 55.8 Å². The number of hydrogen-bond acceptors (Lipinski definition) is 11. The van der Waals surface area contributed by atoms with Gasteiger partial charge in [-0.3, -0.25) is 48.7 Å². The Morgan fingerprint density at radius 1 is 0.963 bits per heavy atom. The molecule has 5 heterocycles. The second kappa shape index (κ2) is 15.7. The highest BCUT2D eigenvalue weighted by Crippen LogP contribution is 2.31. The summed E-state index contributed by atoms with van der Waals surface area (Å²) >= 11 is 1.64. The number of ether oxygens (including phenoxy) is 1. The first kappa shape index (κ1) is 37.2. The molecule has 3 fully saturated rings. The molecule has 0 spiro atoms. The van der Waals surface area contributed by atoms with Crippen LogP contribution in [-0.4, -0.2) is 111 Å². The summed E-state index contributed by atoms with van der Waals surface area (Å²) in [4.78, 5) is 99.3. The molecule has 17 heteroatoms. The largest absolute Gasteiger partial charge is 0.493 e. The number of carbonyl (C=O) groups is 6. The van der Waals surface area contributed by atoms with Gasteiger partial charge in [-0.1, -0.05) is 0 Å². The number of halogens is 1. The number of aromatic nitrogens is 2. The van der Waals surface area contributed by atoms with Crippen molar-refractivity contribution in [1.29, 1.82) is 0 Å². The highest BCUT2D eigenvalue weighted by atomic mass is 32.2. The number of fused-ring (bicyclic) bond motifs is 2. The van der Waals surface area contributed by atoms with Gasteiger partial charge in [-0.25, -0.2) is 9.37 Å². The number of rotatable bonds is 10. The van der Waals surface area contributed by atoms with Crippen LogP contribution in [0.4, 0.5) is 10.1 Å². The standard InChI is InChI=1S/C37H40FN7O8S/c1-20(46)44-12-6-21(7-13-44)18-53-23-15-27(38)33-28(16-23)40-30(41-35(33)50)19-54-24-8-10-43(11-9-24)17-32(48)39-22-2-3-25-26(14-22)37(52)45(36(25)51)29-4-5-31(47)42-34(29)49/h2-3,14-16,21,24,29H,4-13,17-19H2,1H3,(H,39,48)(H,40,41,50)(H,42,47,49). The minimum atomic E-state index is -1.07. The van der Waals surface area contributed by atoms with Crippen LogP contribution in [0.25, 0.3) is 10.9 Å². The average molecular weight is 762 g/mol. The predicted octanol–water partition coefficient (Wildman–Crippen LogP) is 2.44. The minimum Gasteiger partial charge on any atom is -0.493 e. The van der Waals surface area contributed by atoms with Crippen LogP contribution in [0.15, 0.2) is 35.1 Å². The summed E-state index contributed by atoms with van der Waals surface area (Å²) in [5.74, 6) is -1.94. The van der Waals surface area contributed by atoms with E-state index in [1.807, 2.05) is 9.80 Å². The molecule has 6 amide bonds. The zero-order chi connectivity index (χ0) is 38.1. The van der Waals surface area contributed by atoms with Crippen LogP contribution in [-0.2, 0) is 24.9 Å². The smallest absolute Gasteiger partial charge is 0.262 e. The van der Waals surface area contributed by atoms with Gasteiger partial charge < -0.3 is 19.9 Å². The first-order valence-electron chi connectivity index (χ1n) is 18.0. The first-order chi connectivity index (χ1) is 25.9. The SMILES string of the molecule is CC(=O)N1CCC(COc2cc(F)c3c(=O)[nH]c(CSC4CCN(CC(=O)Nc5ccc6c(c5)C(=O)N(C5CCC(=O)NC5=O)C6=O)CC4)nc3c2)CC1. The molecule has 4 aliphatic heterocycles. The zero-order valence-electron chi connectivity index (χ0n) is 29.7. The molecule has 15 nitrogen and oxygen atoms in total. The molecule has 54 heavy (non-hydrogen) atoms. The third-order valence-corrected chi connectivity index (χ3v) is 11.8. The fourth-order valence-electron chi connectivity index (χ4n) is 7.41. The molecule has 4 aliphatic rings. The molecular weight excluding hydrogens is 722 g/mol. The molecular formula is C37H40FN7O8S. The van der Waals surface area contributed by atoms with Gasteiger partial charge in [-0.15, -0.1) is 0 Å². The monoisotopic (exact) mass is 761 g/mol. The number of amides is 6. The van der Waals surface area contributed by atoms with Gasteiger partial charge in [-0.2, -0.15) is 11.8 Å². The number of H-pyrrole nitrogens is 1. The summed E-state index contributed by atoms with van der Waals surface area (Å²) in [5.41, 5.74) is 0.231. The van der Waals surface area contributed by atoms with Crippen LogP contribution in [0.5, 0.6) is 5.75 Å². The zero-order valence-corrected chi connectivity index (χ0v) is 30.5. The highest BCUT2D eigenvalue weighted by Gasteiger charge is 2.44. The maximum atomic E-state index is 15.0. The van der Waals surface area contributed by atoms with Crippen molar-refractivity contribution in [2.45, 2.75) is 62.5 Å². The topological polar surface area (TPSA) is 191 Å². The van der Waals surface area contributed by atoms with Crippen LogP contribution in [0.3, 0.4) is 0 Å². The molecule has 7 rings (SSSR count). The quantitative estimate of drug-likeness (QED) is 0.257. The fourth-order valence-corrected chi connectivity index (χ4v) is 8.49. The van der Waals surface area contributed by atoms with E-state index in [1.165, 1.54) is 24.3 Å². The molecule has 1 atom stereocenters. The van der Waals surface area contributed by atoms with E-state index in [4.69, 9.17) is 4.74 Å². The van der Waals surface area contributed by atoms with E-state index in [0.717, 1.165) is 30.6 Å². The number of nitrogens with zero attached hydrogens (tertiary/aromatic N) is 4. The van der Waals surface area contributed by atoms with Crippen molar-refractivity contribution in [2.75, 3.05) is 44.6 Å². The summed E-state index contributed by atoms with van der Waals surface area (Å²) in [7, 11) is 0. The van der Waals surface area contributed by atoms with Gasteiger partial charge in [0.2, 0.25) is 23.6 Å². The van der Waals surface area contributed by atoms with Crippen molar-refractivity contribution < 1.29 is 37.9 Å². The van der Waals surface area contributed by atoms with Crippen LogP contribution in [0.1, 0.15) is 72.0 Å². The normalized spacial score (nSPS) is 20.0. The van der Waals surface area contributed by atoms with Crippen LogP contribution in [0.2, 0.25) is 0 Å². The molecule has 1 unspecified atom stereocenters. The minimum absolute atomic E-state index is 0.0233. The van der Waals surface area contributed by atoms with E-state index in [1.54, 1.807) is 24.8 Å². The molecule has 284 valence electrons. The van der Waals surface area contributed by atoms with Gasteiger partial charge in [0.1, 0.15) is 28.8 Å². The van der Waals surface area contributed by atoms with Crippen molar-refractivity contribution in [2.24, 2.45) is 5.92 Å². The maximum absolute atomic E-state index is 15.0. The molecule has 3 N–H and O–H groups in total. The molecule has 3 aromatic rings. The lowest BCUT2D eigenvalue weighted by Crippen LogP contribution is -2.54. The van der Waals surface area contributed by atoms with Gasteiger partial charge in [0.15, 0.2) is 0 Å². The van der Waals surface area contributed by atoms with Crippen LogP contribution in [0, 0.1) is 11.7 Å². The Morgan fingerprint density at radius 3 is 2.43 bits per heavy atom. The van der Waals surface area contributed by atoms with Crippen molar-refractivity contribution >= 4 is 63.8 Å². The first-order valence-corrected chi connectivity index (χ1v) is 19.1. The van der Waals surface area contributed by atoms with Gasteiger partial charge in [-0.05, 0) is 69.3 Å². The number of aromatic amines is 1. The lowest BCUT2D eigenvalue weighted by molar-refractivity contribution is -0.136. The average Bonchev–Trinajstić information content (AvgIpc) is 3.38. The predicted molar refractivity (Wildman–Crippen MR) is 195 cm³/mol. The van der Waals surface area contributed by atoms with Gasteiger partial charge in [0.25, 0.3) is 17.4 Å². The molecule has 0 bridgehead atoms. The van der Waals surface area contributed by atoms with E-state index in [2.05, 4.69) is 20.6 Å². The molecule has 0 saturated carbocycles. The number of imide groups is 2. The van der Waals surface area contributed by atoms with Crippen LogP contribution >= 0.6 is 11.8 Å². The lowest BCUT2D eigenvalue weighted by Gasteiger charge is -2.31. The fraction of sp³-hybridized carbons (Fsp3) is 0.459. The second-order valence-electron chi connectivity index (χ2n) is 14.1. The second-order valence-corrected chi connectivity index (χ2v) is 15.4. The van der Waals surface area contributed by atoms with Gasteiger partial charge in [0.05, 0.1) is 35.5 Å². The summed E-state index contributed by atoms with van der Waals surface area (Å²) in [6, 6.07) is 6.14. The number of piperidine rings is 3. The van der Waals surface area contributed by atoms with E-state index >= 15 is 0 Å². The molecule has 1 aromatic heterocycles. The number of hydrogen-bond donors (Lipinski definition) is 3. The number of thioether (sulfide) groups is 1. The Morgan fingerprint density at radius 2 is 1.70 bits per heavy atom. The number of nitrogens with one attached hydrogen (secondary N) is 3. The number of likely N-dealkylation sites (tertiary alicyclic amines) is 2. The lowest BCUT2D eigenvalue weighted by atomic mass is 9.98. The summed E-state index contributed by atoms with van der Waals surface area (Å²) < 4.78 is 20.9. The van der Waals surface area contributed by atoms with Crippen molar-refractivity contribution in [3.05, 3.63) is 63.5 Å². The Labute approximate surface area is 313 Å².